The minimum atomic E-state index is -0.0134. The van der Waals surface area contributed by atoms with Crippen LogP contribution in [0.15, 0.2) is 42.0 Å². The van der Waals surface area contributed by atoms with Crippen molar-refractivity contribution in [1.82, 2.24) is 10.3 Å². The summed E-state index contributed by atoms with van der Waals surface area (Å²) in [5.41, 5.74) is 3.67. The molecule has 1 atom stereocenters. The van der Waals surface area contributed by atoms with Crippen LogP contribution in [0.3, 0.4) is 0 Å². The summed E-state index contributed by atoms with van der Waals surface area (Å²) >= 11 is 0. The number of aromatic nitrogens is 1. The third kappa shape index (κ3) is 4.61. The van der Waals surface area contributed by atoms with Crippen LogP contribution in [0.4, 0.5) is 0 Å². The molecule has 2 fully saturated rings. The predicted molar refractivity (Wildman–Crippen MR) is 113 cm³/mol. The maximum Gasteiger partial charge on any atom is 0.247 e. The van der Waals surface area contributed by atoms with Crippen LogP contribution in [0, 0.1) is 6.92 Å². The van der Waals surface area contributed by atoms with E-state index in [4.69, 9.17) is 9.47 Å². The number of carbonyl (C=O) groups excluding carboxylic acids is 1. The Bertz CT molecular complexity index is 916. The largest absolute Gasteiger partial charge is 0.493 e. The van der Waals surface area contributed by atoms with Crippen LogP contribution in [0.5, 0.6) is 11.5 Å². The molecule has 1 N–H and O–H groups in total. The van der Waals surface area contributed by atoms with Gasteiger partial charge in [0.05, 0.1) is 18.9 Å². The van der Waals surface area contributed by atoms with Crippen molar-refractivity contribution in [2.24, 2.45) is 0 Å². The van der Waals surface area contributed by atoms with Crippen molar-refractivity contribution < 1.29 is 14.3 Å². The number of amides is 1. The van der Waals surface area contributed by atoms with Gasteiger partial charge in [-0.15, -0.1) is 0 Å². The maximum absolute atomic E-state index is 12.4. The molecule has 4 rings (SSSR count). The minimum absolute atomic E-state index is 0.0134. The first-order chi connectivity index (χ1) is 14.1. The average Bonchev–Trinajstić information content (AvgIpc) is 3.23. The topological polar surface area (TPSA) is 60.5 Å². The fourth-order valence-corrected chi connectivity index (χ4v) is 4.17. The zero-order valence-corrected chi connectivity index (χ0v) is 17.1. The van der Waals surface area contributed by atoms with Gasteiger partial charge in [-0.2, -0.15) is 0 Å². The Morgan fingerprint density at radius 2 is 1.97 bits per heavy atom. The summed E-state index contributed by atoms with van der Waals surface area (Å²) in [5, 5.41) is 3.03. The van der Waals surface area contributed by atoms with E-state index in [1.807, 2.05) is 37.3 Å². The number of methoxy groups -OCH3 is 1. The van der Waals surface area contributed by atoms with Gasteiger partial charge in [0, 0.05) is 23.7 Å². The summed E-state index contributed by atoms with van der Waals surface area (Å²) in [6, 6.07) is 12.0. The number of carbonyl (C=O) groups is 1. The number of benzene rings is 1. The van der Waals surface area contributed by atoms with Gasteiger partial charge in [0.2, 0.25) is 5.91 Å². The highest BCUT2D eigenvalue weighted by Gasteiger charge is 2.26. The first-order valence-electron chi connectivity index (χ1n) is 10.4. The Morgan fingerprint density at radius 1 is 1.14 bits per heavy atom. The van der Waals surface area contributed by atoms with E-state index in [1.165, 1.54) is 12.8 Å². The second kappa shape index (κ2) is 8.68. The molecule has 2 aromatic rings. The molecule has 1 amide bonds. The monoisotopic (exact) mass is 392 g/mol. The van der Waals surface area contributed by atoms with Crippen LogP contribution < -0.4 is 14.8 Å². The van der Waals surface area contributed by atoms with Crippen LogP contribution in [0.25, 0.3) is 6.08 Å². The smallest absolute Gasteiger partial charge is 0.247 e. The molecule has 5 nitrogen and oxygen atoms in total. The quantitative estimate of drug-likeness (QED) is 0.766. The lowest BCUT2D eigenvalue weighted by Gasteiger charge is -2.26. The normalized spacial score (nSPS) is 21.2. The number of rotatable bonds is 5. The van der Waals surface area contributed by atoms with Crippen molar-refractivity contribution in [2.45, 2.75) is 51.0 Å². The van der Waals surface area contributed by atoms with Crippen molar-refractivity contribution in [1.29, 1.82) is 0 Å². The van der Waals surface area contributed by atoms with Crippen LogP contribution in [-0.2, 0) is 4.79 Å². The summed E-state index contributed by atoms with van der Waals surface area (Å²) in [4.78, 5) is 16.9. The highest BCUT2D eigenvalue weighted by Crippen LogP contribution is 2.36. The summed E-state index contributed by atoms with van der Waals surface area (Å²) in [7, 11) is 1.67. The molecular weight excluding hydrogens is 364 g/mol. The van der Waals surface area contributed by atoms with Gasteiger partial charge in [-0.1, -0.05) is 12.1 Å². The van der Waals surface area contributed by atoms with Gasteiger partial charge in [0.25, 0.3) is 0 Å². The highest BCUT2D eigenvalue weighted by atomic mass is 16.5. The standard InChI is InChI=1S/C24H28N2O3/c1-16-6-5-7-20(26-16)13-18-12-19(15-25-24(18)27)17-10-11-22(28-2)23(14-17)29-21-8-3-4-9-21/h5-7,10-11,13-14,19,21H,3-4,8-9,12,15H2,1-2H3,(H,25,27)/b18-13+/t19-/m1/s1. The van der Waals surface area contributed by atoms with Crippen molar-refractivity contribution in [3.05, 3.63) is 58.9 Å². The number of aryl methyl sites for hydroxylation is 1. The molecule has 29 heavy (non-hydrogen) atoms. The van der Waals surface area contributed by atoms with E-state index in [0.717, 1.165) is 46.9 Å². The van der Waals surface area contributed by atoms with Crippen LogP contribution in [0.2, 0.25) is 0 Å². The molecule has 2 heterocycles. The minimum Gasteiger partial charge on any atom is -0.493 e. The molecule has 1 aromatic heterocycles. The van der Waals surface area contributed by atoms with E-state index in [9.17, 15) is 4.79 Å². The number of piperidine rings is 1. The van der Waals surface area contributed by atoms with Crippen LogP contribution in [0.1, 0.15) is 55.0 Å². The molecule has 1 aliphatic carbocycles. The third-order valence-corrected chi connectivity index (χ3v) is 5.75. The lowest BCUT2D eigenvalue weighted by molar-refractivity contribution is -0.118. The molecule has 1 aromatic carbocycles. The molecule has 0 radical (unpaired) electrons. The van der Waals surface area contributed by atoms with E-state index >= 15 is 0 Å². The Morgan fingerprint density at radius 3 is 2.72 bits per heavy atom. The average molecular weight is 392 g/mol. The SMILES string of the molecule is COc1ccc([C@H]2CNC(=O)/C(=C/c3cccc(C)n3)C2)cc1OC1CCCC1. The van der Waals surface area contributed by atoms with E-state index in [-0.39, 0.29) is 17.9 Å². The molecule has 5 heteroatoms. The Hall–Kier alpha value is -2.82. The summed E-state index contributed by atoms with van der Waals surface area (Å²) < 4.78 is 11.8. The van der Waals surface area contributed by atoms with E-state index in [1.54, 1.807) is 7.11 Å². The van der Waals surface area contributed by atoms with E-state index in [2.05, 4.69) is 22.4 Å². The Balaban J connectivity index is 1.56. The van der Waals surface area contributed by atoms with Crippen molar-refractivity contribution in [2.75, 3.05) is 13.7 Å². The maximum atomic E-state index is 12.4. The number of hydrogen-bond acceptors (Lipinski definition) is 4. The predicted octanol–water partition coefficient (Wildman–Crippen LogP) is 4.41. The molecule has 1 saturated heterocycles. The first kappa shape index (κ1) is 19.5. The van der Waals surface area contributed by atoms with Gasteiger partial charge in [0.15, 0.2) is 11.5 Å². The fourth-order valence-electron chi connectivity index (χ4n) is 4.17. The highest BCUT2D eigenvalue weighted by molar-refractivity contribution is 5.98. The Labute approximate surface area is 172 Å². The van der Waals surface area contributed by atoms with Gasteiger partial charge in [0.1, 0.15) is 0 Å². The lowest BCUT2D eigenvalue weighted by Crippen LogP contribution is -2.35. The molecule has 152 valence electrons. The molecule has 0 bridgehead atoms. The first-order valence-corrected chi connectivity index (χ1v) is 10.4. The van der Waals surface area contributed by atoms with Gasteiger partial charge < -0.3 is 14.8 Å². The van der Waals surface area contributed by atoms with Crippen molar-refractivity contribution in [3.63, 3.8) is 0 Å². The third-order valence-electron chi connectivity index (χ3n) is 5.75. The second-order valence-corrected chi connectivity index (χ2v) is 7.92. The molecular formula is C24H28N2O3. The van der Waals surface area contributed by atoms with Gasteiger partial charge in [-0.3, -0.25) is 9.78 Å². The van der Waals surface area contributed by atoms with Gasteiger partial charge in [-0.25, -0.2) is 0 Å². The zero-order chi connectivity index (χ0) is 20.2. The number of nitrogens with zero attached hydrogens (tertiary/aromatic N) is 1. The van der Waals surface area contributed by atoms with E-state index < -0.39 is 0 Å². The number of hydrogen-bond donors (Lipinski definition) is 1. The molecule has 1 aliphatic heterocycles. The summed E-state index contributed by atoms with van der Waals surface area (Å²) in [6.07, 6.45) is 7.50. The van der Waals surface area contributed by atoms with Crippen LogP contribution in [-0.4, -0.2) is 30.6 Å². The second-order valence-electron chi connectivity index (χ2n) is 7.92. The van der Waals surface area contributed by atoms with Gasteiger partial charge >= 0.3 is 0 Å². The zero-order valence-electron chi connectivity index (χ0n) is 17.1. The molecule has 1 saturated carbocycles. The van der Waals surface area contributed by atoms with Crippen molar-refractivity contribution in [3.8, 4) is 11.5 Å². The van der Waals surface area contributed by atoms with Crippen molar-refractivity contribution >= 4 is 12.0 Å². The molecule has 0 spiro atoms. The lowest BCUT2D eigenvalue weighted by atomic mass is 9.88. The number of pyridine rings is 1. The summed E-state index contributed by atoms with van der Waals surface area (Å²) in [5.74, 6) is 1.75. The fraction of sp³-hybridized carbons (Fsp3) is 0.417. The van der Waals surface area contributed by atoms with E-state index in [0.29, 0.717) is 13.0 Å². The summed E-state index contributed by atoms with van der Waals surface area (Å²) in [6.45, 7) is 2.57. The van der Waals surface area contributed by atoms with Gasteiger partial charge in [-0.05, 0) is 74.9 Å². The number of nitrogens with one attached hydrogen (secondary N) is 1. The van der Waals surface area contributed by atoms with Crippen LogP contribution >= 0.6 is 0 Å². The molecule has 2 aliphatic rings. The molecule has 0 unspecified atom stereocenters. The number of ether oxygens (including phenoxy) is 2. The Kier molecular flexibility index (Phi) is 5.84.